The number of fused-ring (bicyclic) bond motifs is 1. The number of methoxy groups -OCH3 is 1. The van der Waals surface area contributed by atoms with E-state index in [2.05, 4.69) is 21.9 Å². The van der Waals surface area contributed by atoms with Gasteiger partial charge in [-0.15, -0.1) is 0 Å². The SMILES string of the molecule is CCCCCCCn1cnc2c(OC)nc(N)nc21. The van der Waals surface area contributed by atoms with E-state index in [4.69, 9.17) is 10.5 Å². The number of aromatic nitrogens is 4. The fraction of sp³-hybridized carbons (Fsp3) is 0.615. The van der Waals surface area contributed by atoms with Gasteiger partial charge in [-0.05, 0) is 6.42 Å². The maximum atomic E-state index is 5.68. The van der Waals surface area contributed by atoms with Gasteiger partial charge < -0.3 is 15.0 Å². The summed E-state index contributed by atoms with van der Waals surface area (Å²) in [5.41, 5.74) is 7.10. The highest BCUT2D eigenvalue weighted by Gasteiger charge is 2.12. The second kappa shape index (κ2) is 6.36. The number of unbranched alkanes of at least 4 members (excludes halogenated alkanes) is 4. The molecule has 0 radical (unpaired) electrons. The van der Waals surface area contributed by atoms with Crippen LogP contribution in [0.5, 0.6) is 5.88 Å². The highest BCUT2D eigenvalue weighted by molar-refractivity contribution is 5.77. The average Bonchev–Trinajstić information content (AvgIpc) is 2.81. The second-order valence-electron chi connectivity index (χ2n) is 4.62. The number of anilines is 1. The molecular formula is C13H21N5O. The fourth-order valence-corrected chi connectivity index (χ4v) is 2.13. The van der Waals surface area contributed by atoms with Gasteiger partial charge in [-0.1, -0.05) is 32.6 Å². The molecule has 0 aromatic carbocycles. The van der Waals surface area contributed by atoms with Crippen molar-refractivity contribution in [2.24, 2.45) is 0 Å². The first-order valence-corrected chi connectivity index (χ1v) is 6.78. The molecule has 2 aromatic heterocycles. The van der Waals surface area contributed by atoms with Gasteiger partial charge in [0.2, 0.25) is 11.8 Å². The lowest BCUT2D eigenvalue weighted by Gasteiger charge is -2.05. The lowest BCUT2D eigenvalue weighted by atomic mass is 10.1. The van der Waals surface area contributed by atoms with Crippen LogP contribution in [0.3, 0.4) is 0 Å². The summed E-state index contributed by atoms with van der Waals surface area (Å²) in [6, 6.07) is 0. The fourth-order valence-electron chi connectivity index (χ4n) is 2.13. The predicted octanol–water partition coefficient (Wildman–Crippen LogP) is 2.39. The molecule has 2 rings (SSSR count). The van der Waals surface area contributed by atoms with Gasteiger partial charge in [-0.25, -0.2) is 4.98 Å². The van der Waals surface area contributed by atoms with Crippen LogP contribution in [-0.2, 0) is 6.54 Å². The number of aryl methyl sites for hydroxylation is 1. The van der Waals surface area contributed by atoms with Crippen LogP contribution in [0.4, 0.5) is 5.95 Å². The summed E-state index contributed by atoms with van der Waals surface area (Å²) in [5, 5.41) is 0. The lowest BCUT2D eigenvalue weighted by Crippen LogP contribution is -2.02. The Morgan fingerprint density at radius 1 is 1.21 bits per heavy atom. The Labute approximate surface area is 113 Å². The summed E-state index contributed by atoms with van der Waals surface area (Å²) < 4.78 is 7.19. The van der Waals surface area contributed by atoms with Crippen LogP contribution in [0.25, 0.3) is 11.2 Å². The van der Waals surface area contributed by atoms with Crippen molar-refractivity contribution in [3.05, 3.63) is 6.33 Å². The van der Waals surface area contributed by atoms with Gasteiger partial charge in [0, 0.05) is 6.54 Å². The number of imidazole rings is 1. The van der Waals surface area contributed by atoms with Crippen LogP contribution in [0, 0.1) is 0 Å². The van der Waals surface area contributed by atoms with E-state index in [-0.39, 0.29) is 5.95 Å². The Bertz CT molecular complexity index is 537. The van der Waals surface area contributed by atoms with Gasteiger partial charge in [0.25, 0.3) is 0 Å². The van der Waals surface area contributed by atoms with E-state index in [0.717, 1.165) is 18.6 Å². The quantitative estimate of drug-likeness (QED) is 0.776. The molecule has 0 amide bonds. The summed E-state index contributed by atoms with van der Waals surface area (Å²) in [4.78, 5) is 12.6. The summed E-state index contributed by atoms with van der Waals surface area (Å²) >= 11 is 0. The van der Waals surface area contributed by atoms with Crippen molar-refractivity contribution < 1.29 is 4.74 Å². The Morgan fingerprint density at radius 3 is 2.74 bits per heavy atom. The predicted molar refractivity (Wildman–Crippen MR) is 75.0 cm³/mol. The molecular weight excluding hydrogens is 242 g/mol. The van der Waals surface area contributed by atoms with E-state index >= 15 is 0 Å². The van der Waals surface area contributed by atoms with E-state index in [0.29, 0.717) is 11.4 Å². The lowest BCUT2D eigenvalue weighted by molar-refractivity contribution is 0.402. The molecule has 2 N–H and O–H groups in total. The molecule has 0 atom stereocenters. The molecule has 6 nitrogen and oxygen atoms in total. The van der Waals surface area contributed by atoms with Crippen molar-refractivity contribution in [3.8, 4) is 5.88 Å². The molecule has 0 unspecified atom stereocenters. The molecule has 104 valence electrons. The van der Waals surface area contributed by atoms with E-state index in [1.54, 1.807) is 13.4 Å². The normalized spacial score (nSPS) is 11.1. The van der Waals surface area contributed by atoms with E-state index in [1.807, 2.05) is 4.57 Å². The van der Waals surface area contributed by atoms with Crippen LogP contribution >= 0.6 is 0 Å². The molecule has 0 spiro atoms. The largest absolute Gasteiger partial charge is 0.479 e. The number of hydrogen-bond acceptors (Lipinski definition) is 5. The van der Waals surface area contributed by atoms with E-state index in [9.17, 15) is 0 Å². The van der Waals surface area contributed by atoms with Crippen LogP contribution in [0.2, 0.25) is 0 Å². The van der Waals surface area contributed by atoms with Crippen molar-refractivity contribution in [3.63, 3.8) is 0 Å². The van der Waals surface area contributed by atoms with Crippen LogP contribution < -0.4 is 10.5 Å². The van der Waals surface area contributed by atoms with Gasteiger partial charge in [-0.3, -0.25) is 0 Å². The molecule has 0 aliphatic heterocycles. The number of nitrogens with zero attached hydrogens (tertiary/aromatic N) is 4. The number of nitrogens with two attached hydrogens (primary N) is 1. The zero-order valence-corrected chi connectivity index (χ0v) is 11.6. The molecule has 6 heteroatoms. The molecule has 2 heterocycles. The zero-order valence-electron chi connectivity index (χ0n) is 11.6. The Hall–Kier alpha value is -1.85. The van der Waals surface area contributed by atoms with Crippen LogP contribution in [-0.4, -0.2) is 26.6 Å². The summed E-state index contributed by atoms with van der Waals surface area (Å²) in [6.07, 6.45) is 7.97. The first-order valence-electron chi connectivity index (χ1n) is 6.78. The average molecular weight is 263 g/mol. The minimum atomic E-state index is 0.220. The van der Waals surface area contributed by atoms with Crippen LogP contribution in [0.1, 0.15) is 39.0 Å². The standard InChI is InChI=1S/C13H21N5O/c1-3-4-5-6-7-8-18-9-15-10-11(18)16-13(14)17-12(10)19-2/h9H,3-8H2,1-2H3,(H2,14,16,17). The number of rotatable bonds is 7. The molecule has 0 aliphatic carbocycles. The third kappa shape index (κ3) is 3.13. The maximum absolute atomic E-state index is 5.68. The highest BCUT2D eigenvalue weighted by Crippen LogP contribution is 2.21. The first kappa shape index (κ1) is 13.6. The van der Waals surface area contributed by atoms with Gasteiger partial charge in [0.05, 0.1) is 13.4 Å². The molecule has 0 saturated heterocycles. The van der Waals surface area contributed by atoms with Gasteiger partial charge in [-0.2, -0.15) is 9.97 Å². The van der Waals surface area contributed by atoms with Crippen molar-refractivity contribution >= 4 is 17.1 Å². The number of hydrogen-bond donors (Lipinski definition) is 1. The summed E-state index contributed by atoms with van der Waals surface area (Å²) in [6.45, 7) is 3.12. The van der Waals surface area contributed by atoms with Gasteiger partial charge >= 0.3 is 0 Å². The molecule has 0 aliphatic rings. The summed E-state index contributed by atoms with van der Waals surface area (Å²) in [5.74, 6) is 0.657. The second-order valence-corrected chi connectivity index (χ2v) is 4.62. The minimum absolute atomic E-state index is 0.220. The van der Waals surface area contributed by atoms with E-state index in [1.165, 1.54) is 25.7 Å². The van der Waals surface area contributed by atoms with Crippen molar-refractivity contribution in [2.45, 2.75) is 45.6 Å². The zero-order chi connectivity index (χ0) is 13.7. The smallest absolute Gasteiger partial charge is 0.246 e. The molecule has 0 bridgehead atoms. The monoisotopic (exact) mass is 263 g/mol. The maximum Gasteiger partial charge on any atom is 0.246 e. The highest BCUT2D eigenvalue weighted by atomic mass is 16.5. The molecule has 19 heavy (non-hydrogen) atoms. The van der Waals surface area contributed by atoms with E-state index < -0.39 is 0 Å². The van der Waals surface area contributed by atoms with Gasteiger partial charge in [0.1, 0.15) is 0 Å². The van der Waals surface area contributed by atoms with Crippen molar-refractivity contribution in [1.29, 1.82) is 0 Å². The van der Waals surface area contributed by atoms with Crippen molar-refractivity contribution in [1.82, 2.24) is 19.5 Å². The molecule has 2 aromatic rings. The molecule has 0 fully saturated rings. The topological polar surface area (TPSA) is 78.8 Å². The third-order valence-electron chi connectivity index (χ3n) is 3.15. The van der Waals surface area contributed by atoms with Crippen LogP contribution in [0.15, 0.2) is 6.33 Å². The Kier molecular flexibility index (Phi) is 4.54. The summed E-state index contributed by atoms with van der Waals surface area (Å²) in [7, 11) is 1.56. The minimum Gasteiger partial charge on any atom is -0.479 e. The molecule has 0 saturated carbocycles. The Morgan fingerprint density at radius 2 is 2.00 bits per heavy atom. The Balaban J connectivity index is 2.09. The number of ether oxygens (including phenoxy) is 1. The first-order chi connectivity index (χ1) is 9.26. The van der Waals surface area contributed by atoms with Crippen molar-refractivity contribution in [2.75, 3.05) is 12.8 Å². The number of nitrogen functional groups attached to an aromatic ring is 1. The van der Waals surface area contributed by atoms with Gasteiger partial charge in [0.15, 0.2) is 11.2 Å². The third-order valence-corrected chi connectivity index (χ3v) is 3.15.